The van der Waals surface area contributed by atoms with Gasteiger partial charge in [0.2, 0.25) is 0 Å². The highest BCUT2D eigenvalue weighted by molar-refractivity contribution is 7.92. The van der Waals surface area contributed by atoms with Crippen molar-refractivity contribution in [2.24, 2.45) is 16.5 Å². The van der Waals surface area contributed by atoms with Gasteiger partial charge in [-0.15, -0.1) is 0 Å². The number of carbonyl (C=O) groups is 1. The molecule has 114 valence electrons. The maximum atomic E-state index is 14.0. The van der Waals surface area contributed by atoms with Gasteiger partial charge in [-0.1, -0.05) is 0 Å². The van der Waals surface area contributed by atoms with Crippen LogP contribution in [0.25, 0.3) is 0 Å². The Morgan fingerprint density at radius 3 is 2.62 bits per heavy atom. The van der Waals surface area contributed by atoms with Crippen LogP contribution in [0, 0.1) is 5.82 Å². The lowest BCUT2D eigenvalue weighted by atomic mass is 10.1. The minimum Gasteiger partial charge on any atom is -0.506 e. The molecule has 1 aliphatic heterocycles. The minimum absolute atomic E-state index is 0.0863. The molecule has 0 spiro atoms. The smallest absolute Gasteiger partial charge is 0.326 e. The van der Waals surface area contributed by atoms with E-state index in [0.29, 0.717) is 4.31 Å². The van der Waals surface area contributed by atoms with Crippen LogP contribution in [0.15, 0.2) is 17.1 Å². The van der Waals surface area contributed by atoms with E-state index in [1.54, 1.807) is 4.72 Å². The molecule has 21 heavy (non-hydrogen) atoms. The molecule has 0 saturated carbocycles. The summed E-state index contributed by atoms with van der Waals surface area (Å²) in [7, 11) is -4.21. The third kappa shape index (κ3) is 2.97. The number of nitrogens with zero attached hydrogens (tertiary/aromatic N) is 2. The van der Waals surface area contributed by atoms with Crippen LogP contribution in [0.4, 0.5) is 10.1 Å². The zero-order valence-corrected chi connectivity index (χ0v) is 11.4. The van der Waals surface area contributed by atoms with Crippen molar-refractivity contribution in [1.29, 1.82) is 0 Å². The van der Waals surface area contributed by atoms with Crippen LogP contribution in [0.1, 0.15) is 5.56 Å². The van der Waals surface area contributed by atoms with Crippen LogP contribution in [0.5, 0.6) is 5.75 Å². The van der Waals surface area contributed by atoms with Crippen LogP contribution in [-0.4, -0.2) is 31.9 Å². The first-order chi connectivity index (χ1) is 9.70. The van der Waals surface area contributed by atoms with Gasteiger partial charge < -0.3 is 16.6 Å². The van der Waals surface area contributed by atoms with Gasteiger partial charge in [-0.3, -0.25) is 4.79 Å². The normalized spacial score (nSPS) is 16.6. The van der Waals surface area contributed by atoms with Gasteiger partial charge in [0, 0.05) is 0 Å². The van der Waals surface area contributed by atoms with Gasteiger partial charge in [-0.2, -0.15) is 8.42 Å². The lowest BCUT2D eigenvalue weighted by Gasteiger charge is -2.17. The van der Waals surface area contributed by atoms with E-state index in [1.807, 2.05) is 0 Å². The average Bonchev–Trinajstić information content (AvgIpc) is 2.59. The first-order valence-corrected chi connectivity index (χ1v) is 7.05. The maximum Gasteiger partial charge on any atom is 0.326 e. The number of phenols is 1. The summed E-state index contributed by atoms with van der Waals surface area (Å²) in [5.41, 5.74) is 9.89. The highest BCUT2D eigenvalue weighted by atomic mass is 32.2. The summed E-state index contributed by atoms with van der Waals surface area (Å²) in [6, 6.07) is 2.09. The summed E-state index contributed by atoms with van der Waals surface area (Å²) in [6.07, 6.45) is 0. The Morgan fingerprint density at radius 2 is 2.14 bits per heavy atom. The fourth-order valence-electron chi connectivity index (χ4n) is 1.81. The molecular formula is C10H12FN5O4S. The molecule has 0 aromatic heterocycles. The number of nitrogens with two attached hydrogens (primary N) is 2. The molecule has 0 atom stereocenters. The van der Waals surface area contributed by atoms with Crippen molar-refractivity contribution < 1.29 is 22.7 Å². The Hall–Kier alpha value is -2.56. The predicted octanol–water partition coefficient (Wildman–Crippen LogP) is -1.51. The van der Waals surface area contributed by atoms with Gasteiger partial charge in [0.05, 0.1) is 6.54 Å². The van der Waals surface area contributed by atoms with Crippen molar-refractivity contribution in [2.75, 3.05) is 10.8 Å². The summed E-state index contributed by atoms with van der Waals surface area (Å²) in [5.74, 6) is -2.69. The van der Waals surface area contributed by atoms with Crippen LogP contribution in [0.3, 0.4) is 0 Å². The van der Waals surface area contributed by atoms with Crippen molar-refractivity contribution >= 4 is 27.8 Å². The highest BCUT2D eigenvalue weighted by Crippen LogP contribution is 2.34. The van der Waals surface area contributed by atoms with Crippen LogP contribution < -0.4 is 20.5 Å². The summed E-state index contributed by atoms with van der Waals surface area (Å²) >= 11 is 0. The van der Waals surface area contributed by atoms with Gasteiger partial charge >= 0.3 is 10.2 Å². The third-order valence-electron chi connectivity index (χ3n) is 2.62. The van der Waals surface area contributed by atoms with E-state index in [-0.39, 0.29) is 18.1 Å². The molecule has 1 saturated heterocycles. The van der Waals surface area contributed by atoms with Crippen molar-refractivity contribution in [1.82, 2.24) is 4.72 Å². The van der Waals surface area contributed by atoms with Gasteiger partial charge in [0.25, 0.3) is 5.91 Å². The predicted molar refractivity (Wildman–Crippen MR) is 72.0 cm³/mol. The number of benzene rings is 1. The minimum atomic E-state index is -4.21. The van der Waals surface area contributed by atoms with Gasteiger partial charge in [-0.05, 0) is 17.7 Å². The highest BCUT2D eigenvalue weighted by Gasteiger charge is 2.37. The summed E-state index contributed by atoms with van der Waals surface area (Å²) in [4.78, 5) is 14.8. The number of nitrogens with one attached hydrogen (secondary N) is 1. The van der Waals surface area contributed by atoms with Crippen molar-refractivity contribution in [2.45, 2.75) is 6.54 Å². The largest absolute Gasteiger partial charge is 0.506 e. The number of hydrogen-bond acceptors (Lipinski definition) is 5. The number of carbonyl (C=O) groups excluding carboxylic acids is 1. The third-order valence-corrected chi connectivity index (χ3v) is 3.99. The molecule has 1 aromatic rings. The molecule has 1 amide bonds. The van der Waals surface area contributed by atoms with Crippen LogP contribution >= 0.6 is 0 Å². The van der Waals surface area contributed by atoms with E-state index >= 15 is 0 Å². The van der Waals surface area contributed by atoms with Gasteiger partial charge in [0.15, 0.2) is 11.8 Å². The van der Waals surface area contributed by atoms with E-state index in [9.17, 15) is 22.7 Å². The quantitative estimate of drug-likeness (QED) is 0.393. The number of aromatic hydroxyl groups is 1. The van der Waals surface area contributed by atoms with Crippen LogP contribution in [0.2, 0.25) is 0 Å². The van der Waals surface area contributed by atoms with E-state index in [2.05, 4.69) is 4.99 Å². The Morgan fingerprint density at radius 1 is 1.48 bits per heavy atom. The van der Waals surface area contributed by atoms with E-state index < -0.39 is 39.9 Å². The monoisotopic (exact) mass is 317 g/mol. The number of aliphatic imine (C=N–C) groups is 1. The molecule has 0 aliphatic carbocycles. The second-order valence-corrected chi connectivity index (χ2v) is 5.82. The summed E-state index contributed by atoms with van der Waals surface area (Å²) < 4.78 is 39.4. The summed E-state index contributed by atoms with van der Waals surface area (Å²) in [6.45, 7) is -0.697. The van der Waals surface area contributed by atoms with Gasteiger partial charge in [-0.25, -0.2) is 18.4 Å². The number of hydrogen-bond donors (Lipinski definition) is 4. The fourth-order valence-corrected chi connectivity index (χ4v) is 2.98. The zero-order chi connectivity index (χ0) is 15.8. The second-order valence-electron chi connectivity index (χ2n) is 4.22. The Kier molecular flexibility index (Phi) is 3.60. The number of rotatable bonds is 3. The lowest BCUT2D eigenvalue weighted by Crippen LogP contribution is -2.30. The molecule has 6 N–H and O–H groups in total. The topological polar surface area (TPSA) is 151 Å². The number of guanidine groups is 1. The Bertz CT molecular complexity index is 706. The first kappa shape index (κ1) is 14.8. The molecule has 1 fully saturated rings. The Balaban J connectivity index is 2.43. The van der Waals surface area contributed by atoms with Crippen LogP contribution in [-0.2, 0) is 21.5 Å². The summed E-state index contributed by atoms with van der Waals surface area (Å²) in [5, 5.41) is 9.82. The second kappa shape index (κ2) is 5.09. The number of anilines is 1. The van der Waals surface area contributed by atoms with E-state index in [0.717, 1.165) is 12.1 Å². The molecule has 1 aliphatic rings. The molecule has 0 unspecified atom stereocenters. The first-order valence-electron chi connectivity index (χ1n) is 5.61. The maximum absolute atomic E-state index is 14.0. The molecule has 0 radical (unpaired) electrons. The Labute approximate surface area is 119 Å². The molecule has 11 heteroatoms. The molecule has 1 aromatic carbocycles. The van der Waals surface area contributed by atoms with Crippen molar-refractivity contribution in [3.05, 3.63) is 23.5 Å². The number of amides is 1. The average molecular weight is 317 g/mol. The van der Waals surface area contributed by atoms with Gasteiger partial charge in [0.1, 0.15) is 18.0 Å². The lowest BCUT2D eigenvalue weighted by molar-refractivity contribution is -0.117. The zero-order valence-electron chi connectivity index (χ0n) is 10.6. The number of phenolic OH excluding ortho intramolecular Hbond substituents is 1. The standard InChI is InChI=1S/C10H12FN5O4S/c11-6-1-5(3-14-10(12)13)2-7(17)9(6)16-4-8(18)15-21(16,19)20/h1-2,17H,3-4H2,(H,15,18)(H4,12,13,14). The molecule has 0 bridgehead atoms. The molecular weight excluding hydrogens is 305 g/mol. The van der Waals surface area contributed by atoms with Crippen molar-refractivity contribution in [3.63, 3.8) is 0 Å². The SMILES string of the molecule is NC(N)=NCc1cc(O)c(N2CC(=O)NS2(=O)=O)c(F)c1. The van der Waals surface area contributed by atoms with E-state index in [4.69, 9.17) is 11.5 Å². The molecule has 1 heterocycles. The molecule has 2 rings (SSSR count). The number of halogens is 1. The fraction of sp³-hybridized carbons (Fsp3) is 0.200. The van der Waals surface area contributed by atoms with E-state index in [1.165, 1.54) is 0 Å². The van der Waals surface area contributed by atoms with Crippen molar-refractivity contribution in [3.8, 4) is 5.75 Å². The molecule has 9 nitrogen and oxygen atoms in total.